The van der Waals surface area contributed by atoms with E-state index in [9.17, 15) is 34.2 Å². The maximum absolute atomic E-state index is 11.2. The van der Waals surface area contributed by atoms with Gasteiger partial charge in [-0.2, -0.15) is 0 Å². The molecule has 0 saturated heterocycles. The quantitative estimate of drug-likeness (QED) is 0.0568. The summed E-state index contributed by atoms with van der Waals surface area (Å²) in [6, 6.07) is 0. The second-order valence-corrected chi connectivity index (χ2v) is 10.7. The fraction of sp³-hybridized carbons (Fsp3) is 0.545. The molecule has 0 aromatic carbocycles. The van der Waals surface area contributed by atoms with Crippen LogP contribution in [0.1, 0.15) is 48.0 Å². The first-order valence-electron chi connectivity index (χ1n) is 14.4. The molecule has 0 amide bonds. The molecule has 50 heavy (non-hydrogen) atoms. The number of aliphatic hydroxyl groups is 6. The number of aliphatic hydroxyl groups excluding tert-OH is 6. The van der Waals surface area contributed by atoms with Crippen molar-refractivity contribution in [2.45, 2.75) is 48.0 Å². The summed E-state index contributed by atoms with van der Waals surface area (Å²) in [7, 11) is 0. The van der Waals surface area contributed by atoms with Crippen molar-refractivity contribution in [1.29, 1.82) is 0 Å². The molecule has 0 radical (unpaired) electrons. The lowest BCUT2D eigenvalue weighted by atomic mass is 9.92. The second-order valence-electron chi connectivity index (χ2n) is 10.7. The first kappa shape index (κ1) is 58.0. The Morgan fingerprint density at radius 1 is 0.480 bits per heavy atom. The minimum absolute atomic E-state index is 0.0879. The molecule has 0 aliphatic rings. The highest BCUT2D eigenvalue weighted by atomic mass is 16.5. The lowest BCUT2D eigenvalue weighted by Gasteiger charge is -2.28. The van der Waals surface area contributed by atoms with E-state index in [1.807, 2.05) is 6.92 Å². The van der Waals surface area contributed by atoms with Crippen LogP contribution in [0.4, 0.5) is 0 Å². The average molecular weight is 727 g/mol. The van der Waals surface area contributed by atoms with Crippen molar-refractivity contribution in [1.82, 2.24) is 0 Å². The molecule has 0 aromatic heterocycles. The summed E-state index contributed by atoms with van der Waals surface area (Å²) in [5.74, 6) is -4.28. The summed E-state index contributed by atoms with van der Waals surface area (Å²) in [5.41, 5.74) is -1.07. The molecular weight excluding hydrogens is 668 g/mol. The maximum atomic E-state index is 11.2. The van der Waals surface area contributed by atoms with Crippen molar-refractivity contribution in [3.05, 3.63) is 60.8 Å². The number of carboxylic acid groups (broad SMARTS) is 4. The lowest BCUT2D eigenvalue weighted by molar-refractivity contribution is -0.148. The molecule has 17 nitrogen and oxygen atoms in total. The normalized spacial score (nSPS) is 9.60. The predicted molar refractivity (Wildman–Crippen MR) is 184 cm³/mol. The summed E-state index contributed by atoms with van der Waals surface area (Å²) in [5, 5.41) is 84.1. The van der Waals surface area contributed by atoms with Crippen LogP contribution in [0, 0.1) is 10.8 Å². The Kier molecular flexibility index (Phi) is 40.2. The number of carbonyl (C=O) groups excluding carboxylic acids is 1. The Hall–Kier alpha value is -4.23. The van der Waals surface area contributed by atoms with Crippen LogP contribution < -0.4 is 0 Å². The van der Waals surface area contributed by atoms with Crippen molar-refractivity contribution in [3.8, 4) is 0 Å². The van der Waals surface area contributed by atoms with Crippen LogP contribution in [0.5, 0.6) is 0 Å². The molecule has 0 aliphatic heterocycles. The zero-order valence-electron chi connectivity index (χ0n) is 29.9. The molecule has 10 N–H and O–H groups in total. The Bertz CT molecular complexity index is 907. The Balaban J connectivity index is -0.000000125. The van der Waals surface area contributed by atoms with Crippen LogP contribution in [-0.4, -0.2) is 140 Å². The number of carbonyl (C=O) groups is 5. The highest BCUT2D eigenvalue weighted by Gasteiger charge is 2.31. The number of hydrogen-bond acceptors (Lipinski definition) is 13. The van der Waals surface area contributed by atoms with E-state index in [-0.39, 0.29) is 54.3 Å². The van der Waals surface area contributed by atoms with Crippen LogP contribution in [0.15, 0.2) is 60.8 Å². The minimum Gasteiger partial charge on any atom is -0.478 e. The van der Waals surface area contributed by atoms with E-state index in [0.29, 0.717) is 6.61 Å². The molecule has 17 heteroatoms. The van der Waals surface area contributed by atoms with Gasteiger partial charge < -0.3 is 60.5 Å². The fourth-order valence-electron chi connectivity index (χ4n) is 1.35. The zero-order valence-corrected chi connectivity index (χ0v) is 29.9. The molecule has 0 saturated carbocycles. The fourth-order valence-corrected chi connectivity index (χ4v) is 1.35. The topological polar surface area (TPSA) is 306 Å². The van der Waals surface area contributed by atoms with Gasteiger partial charge in [0.15, 0.2) is 0 Å². The minimum atomic E-state index is -1.11. The van der Waals surface area contributed by atoms with Gasteiger partial charge in [-0.25, -0.2) is 24.0 Å². The molecule has 0 unspecified atom stereocenters. The third-order valence-corrected chi connectivity index (χ3v) is 5.09. The largest absolute Gasteiger partial charge is 0.478 e. The van der Waals surface area contributed by atoms with E-state index in [2.05, 4.69) is 32.9 Å². The average Bonchev–Trinajstić information content (AvgIpc) is 3.05. The summed E-state index contributed by atoms with van der Waals surface area (Å²) >= 11 is 0. The van der Waals surface area contributed by atoms with Crippen molar-refractivity contribution >= 4 is 29.8 Å². The maximum Gasteiger partial charge on any atom is 0.333 e. The SMILES string of the molecule is C=C(C)C(=O)O.C=C(C)C(=O)O.C=C(C)C(=O)O.C=C(C)C(=O)O.C=C(C)C(=O)OCC(CO)(CO)COCCC.OCC(CO)(CO)CO. The van der Waals surface area contributed by atoms with Crippen molar-refractivity contribution < 1.29 is 84.5 Å². The van der Waals surface area contributed by atoms with Crippen LogP contribution >= 0.6 is 0 Å². The van der Waals surface area contributed by atoms with E-state index in [1.54, 1.807) is 0 Å². The van der Waals surface area contributed by atoms with Crippen LogP contribution in [0.3, 0.4) is 0 Å². The van der Waals surface area contributed by atoms with Crippen molar-refractivity contribution in [2.75, 3.05) is 59.5 Å². The highest BCUT2D eigenvalue weighted by Crippen LogP contribution is 2.18. The van der Waals surface area contributed by atoms with Gasteiger partial charge in [0.25, 0.3) is 0 Å². The first-order chi connectivity index (χ1) is 22.8. The van der Waals surface area contributed by atoms with Gasteiger partial charge in [-0.05, 0) is 41.0 Å². The summed E-state index contributed by atoms with van der Waals surface area (Å²) in [6.07, 6.45) is 0.846. The second kappa shape index (κ2) is 34.6. The van der Waals surface area contributed by atoms with Gasteiger partial charge in [-0.3, -0.25) is 0 Å². The van der Waals surface area contributed by atoms with Gasteiger partial charge in [-0.15, -0.1) is 0 Å². The highest BCUT2D eigenvalue weighted by molar-refractivity contribution is 5.87. The van der Waals surface area contributed by atoms with Crippen LogP contribution in [0.25, 0.3) is 0 Å². The van der Waals surface area contributed by atoms with Gasteiger partial charge in [-0.1, -0.05) is 39.8 Å². The van der Waals surface area contributed by atoms with Gasteiger partial charge in [0, 0.05) is 34.5 Å². The van der Waals surface area contributed by atoms with Crippen LogP contribution in [0.2, 0.25) is 0 Å². The number of rotatable bonds is 17. The van der Waals surface area contributed by atoms with Crippen molar-refractivity contribution in [3.63, 3.8) is 0 Å². The summed E-state index contributed by atoms with van der Waals surface area (Å²) < 4.78 is 10.2. The lowest BCUT2D eigenvalue weighted by Crippen LogP contribution is -2.40. The Labute approximate surface area is 293 Å². The molecule has 0 aliphatic carbocycles. The number of ether oxygens (including phenoxy) is 2. The summed E-state index contributed by atoms with van der Waals surface area (Å²) in [4.78, 5) is 49.6. The van der Waals surface area contributed by atoms with Gasteiger partial charge in [0.1, 0.15) is 6.61 Å². The Morgan fingerprint density at radius 3 is 0.860 bits per heavy atom. The molecule has 0 atom stereocenters. The smallest absolute Gasteiger partial charge is 0.333 e. The van der Waals surface area contributed by atoms with Crippen molar-refractivity contribution in [2.24, 2.45) is 10.8 Å². The zero-order chi connectivity index (χ0) is 41.3. The van der Waals surface area contributed by atoms with Crippen LogP contribution in [-0.2, 0) is 33.4 Å². The first-order valence-corrected chi connectivity index (χ1v) is 14.4. The molecule has 0 rings (SSSR count). The molecule has 292 valence electrons. The molecule has 0 spiro atoms. The Morgan fingerprint density at radius 2 is 0.720 bits per heavy atom. The molecule has 0 bridgehead atoms. The molecule has 0 fully saturated rings. The van der Waals surface area contributed by atoms with E-state index < -0.39 is 67.1 Å². The van der Waals surface area contributed by atoms with E-state index in [0.717, 1.165) is 6.42 Å². The van der Waals surface area contributed by atoms with E-state index in [1.165, 1.54) is 34.6 Å². The number of carboxylic acids is 4. The predicted octanol–water partition coefficient (Wildman–Crippen LogP) is 1.03. The number of hydrogen-bond donors (Lipinski definition) is 10. The van der Waals surface area contributed by atoms with E-state index in [4.69, 9.17) is 50.3 Å². The van der Waals surface area contributed by atoms with Gasteiger partial charge >= 0.3 is 29.8 Å². The molecular formula is C33H58O17. The molecule has 0 aromatic rings. The summed E-state index contributed by atoms with van der Waals surface area (Å²) in [6.45, 7) is 23.7. The third kappa shape index (κ3) is 38.2. The molecule has 0 heterocycles. The standard InChI is InChI=1S/C12H22O5.C5H12O4.4C4H6O2/c1-4-5-16-8-12(6-13,7-14)9-17-11(15)10(2)3;6-1-5(2-7,3-8)4-9;4*1-3(2)4(5)6/h13-14H,2,4-9H2,1,3H3;6-9H,1-4H2;4*1H2,2H3,(H,5,6). The van der Waals surface area contributed by atoms with E-state index >= 15 is 0 Å². The number of esters is 1. The van der Waals surface area contributed by atoms with Gasteiger partial charge in [0.05, 0.1) is 57.1 Å². The third-order valence-electron chi connectivity index (χ3n) is 5.09. The number of aliphatic carboxylic acids is 4. The monoisotopic (exact) mass is 726 g/mol. The van der Waals surface area contributed by atoms with Gasteiger partial charge in [0.2, 0.25) is 0 Å².